The van der Waals surface area contributed by atoms with E-state index >= 15 is 0 Å². The van der Waals surface area contributed by atoms with Crippen molar-refractivity contribution in [1.29, 1.82) is 0 Å². The number of fused-ring (bicyclic) bond motifs is 1. The van der Waals surface area contributed by atoms with E-state index in [1.54, 1.807) is 42.5 Å². The number of nitrogens with one attached hydrogen (secondary N) is 2. The summed E-state index contributed by atoms with van der Waals surface area (Å²) < 4.78 is 27.1. The van der Waals surface area contributed by atoms with Gasteiger partial charge in [-0.25, -0.2) is 8.42 Å². The van der Waals surface area contributed by atoms with Gasteiger partial charge in [0, 0.05) is 5.69 Å². The molecule has 0 atom stereocenters. The number of aryl methyl sites for hydroxylation is 1. The van der Waals surface area contributed by atoms with E-state index < -0.39 is 10.0 Å². The summed E-state index contributed by atoms with van der Waals surface area (Å²) in [4.78, 5) is 11.5. The fourth-order valence-corrected chi connectivity index (χ4v) is 3.26. The molecule has 21 heavy (non-hydrogen) atoms. The molecule has 3 rings (SSSR count). The van der Waals surface area contributed by atoms with Gasteiger partial charge in [0.1, 0.15) is 0 Å². The molecule has 2 N–H and O–H groups in total. The van der Waals surface area contributed by atoms with Gasteiger partial charge in [-0.2, -0.15) is 0 Å². The average Bonchev–Trinajstić information content (AvgIpc) is 2.78. The van der Waals surface area contributed by atoms with Crippen LogP contribution in [-0.4, -0.2) is 14.3 Å². The Morgan fingerprint density at radius 1 is 1.10 bits per heavy atom. The maximum absolute atomic E-state index is 12.3. The van der Waals surface area contributed by atoms with E-state index in [1.165, 1.54) is 0 Å². The normalized spacial score (nSPS) is 13.7. The van der Waals surface area contributed by atoms with Gasteiger partial charge in [-0.1, -0.05) is 23.8 Å². The standard InChI is InChI=1S/C15H14N2O3S/c1-10-2-6-13(7-3-10)21(19,20)17-12-5-4-11-8-15(18)16-14(11)9-12/h2-7,9,17H,8H2,1H3,(H,16,18). The van der Waals surface area contributed by atoms with E-state index in [9.17, 15) is 13.2 Å². The van der Waals surface area contributed by atoms with Gasteiger partial charge in [-0.3, -0.25) is 9.52 Å². The molecule has 0 bridgehead atoms. The van der Waals surface area contributed by atoms with Crippen LogP contribution in [0.2, 0.25) is 0 Å². The number of hydrogen-bond acceptors (Lipinski definition) is 3. The van der Waals surface area contributed by atoms with E-state index in [0.717, 1.165) is 11.1 Å². The number of rotatable bonds is 3. The fraction of sp³-hybridized carbons (Fsp3) is 0.133. The minimum Gasteiger partial charge on any atom is -0.325 e. The molecule has 0 aliphatic carbocycles. The molecular weight excluding hydrogens is 288 g/mol. The molecule has 0 aromatic heterocycles. The van der Waals surface area contributed by atoms with Crippen LogP contribution in [0.5, 0.6) is 0 Å². The van der Waals surface area contributed by atoms with Crippen molar-refractivity contribution in [2.75, 3.05) is 10.0 Å². The van der Waals surface area contributed by atoms with Crippen LogP contribution in [0.15, 0.2) is 47.4 Å². The number of amides is 1. The predicted octanol–water partition coefficient (Wildman–Crippen LogP) is 2.29. The Kier molecular flexibility index (Phi) is 3.17. The van der Waals surface area contributed by atoms with Gasteiger partial charge < -0.3 is 5.32 Å². The molecule has 1 heterocycles. The first kappa shape index (κ1) is 13.6. The Balaban J connectivity index is 1.88. The molecule has 0 saturated carbocycles. The van der Waals surface area contributed by atoms with Crippen LogP contribution in [0, 0.1) is 6.92 Å². The van der Waals surface area contributed by atoms with Crippen molar-refractivity contribution in [2.45, 2.75) is 18.2 Å². The van der Waals surface area contributed by atoms with Crippen molar-refractivity contribution in [2.24, 2.45) is 0 Å². The van der Waals surface area contributed by atoms with Crippen molar-refractivity contribution in [3.63, 3.8) is 0 Å². The summed E-state index contributed by atoms with van der Waals surface area (Å²) >= 11 is 0. The zero-order valence-corrected chi connectivity index (χ0v) is 12.2. The Labute approximate surface area is 123 Å². The van der Waals surface area contributed by atoms with Crippen molar-refractivity contribution in [3.8, 4) is 0 Å². The Hall–Kier alpha value is -2.34. The SMILES string of the molecule is Cc1ccc(S(=O)(=O)Nc2ccc3c(c2)NC(=O)C3)cc1. The van der Waals surface area contributed by atoms with Crippen molar-refractivity contribution < 1.29 is 13.2 Å². The third-order valence-electron chi connectivity index (χ3n) is 3.32. The lowest BCUT2D eigenvalue weighted by atomic mass is 10.1. The van der Waals surface area contributed by atoms with Crippen LogP contribution in [0.3, 0.4) is 0 Å². The maximum atomic E-state index is 12.3. The van der Waals surface area contributed by atoms with E-state index in [4.69, 9.17) is 0 Å². The van der Waals surface area contributed by atoms with Gasteiger partial charge >= 0.3 is 0 Å². The summed E-state index contributed by atoms with van der Waals surface area (Å²) in [5, 5.41) is 2.70. The molecule has 6 heteroatoms. The molecule has 0 unspecified atom stereocenters. The highest BCUT2D eigenvalue weighted by Gasteiger charge is 2.19. The maximum Gasteiger partial charge on any atom is 0.261 e. The Bertz CT molecular complexity index is 811. The Morgan fingerprint density at radius 3 is 2.52 bits per heavy atom. The number of carbonyl (C=O) groups excluding carboxylic acids is 1. The van der Waals surface area contributed by atoms with Crippen molar-refractivity contribution in [1.82, 2.24) is 0 Å². The first-order chi connectivity index (χ1) is 9.94. The molecule has 1 aliphatic rings. The molecule has 5 nitrogen and oxygen atoms in total. The molecule has 0 fully saturated rings. The third kappa shape index (κ3) is 2.75. The molecule has 2 aromatic carbocycles. The molecule has 1 amide bonds. The number of hydrogen-bond donors (Lipinski definition) is 2. The first-order valence-electron chi connectivity index (χ1n) is 6.46. The molecule has 0 spiro atoms. The molecule has 0 radical (unpaired) electrons. The number of anilines is 2. The van der Waals surface area contributed by atoms with Crippen molar-refractivity contribution in [3.05, 3.63) is 53.6 Å². The third-order valence-corrected chi connectivity index (χ3v) is 4.72. The second-order valence-electron chi connectivity index (χ2n) is 5.02. The molecular formula is C15H14N2O3S. The second kappa shape index (κ2) is 4.89. The summed E-state index contributed by atoms with van der Waals surface area (Å²) in [5.74, 6) is -0.0801. The second-order valence-corrected chi connectivity index (χ2v) is 6.70. The van der Waals surface area contributed by atoms with Gasteiger partial charge in [-0.15, -0.1) is 0 Å². The number of benzene rings is 2. The van der Waals surface area contributed by atoms with E-state index in [2.05, 4.69) is 10.0 Å². The van der Waals surface area contributed by atoms with Gasteiger partial charge in [-0.05, 0) is 36.8 Å². The largest absolute Gasteiger partial charge is 0.325 e. The van der Waals surface area contributed by atoms with E-state index in [0.29, 0.717) is 17.8 Å². The molecule has 1 aliphatic heterocycles. The highest BCUT2D eigenvalue weighted by atomic mass is 32.2. The quantitative estimate of drug-likeness (QED) is 0.913. The first-order valence-corrected chi connectivity index (χ1v) is 7.95. The number of carbonyl (C=O) groups is 1. The summed E-state index contributed by atoms with van der Waals surface area (Å²) in [5.41, 5.74) is 2.95. The fourth-order valence-electron chi connectivity index (χ4n) is 2.21. The molecule has 0 saturated heterocycles. The summed E-state index contributed by atoms with van der Waals surface area (Å²) in [6.07, 6.45) is 0.334. The van der Waals surface area contributed by atoms with E-state index in [-0.39, 0.29) is 10.8 Å². The minimum atomic E-state index is -3.62. The number of sulfonamides is 1. The average molecular weight is 302 g/mol. The summed E-state index contributed by atoms with van der Waals surface area (Å²) in [7, 11) is -3.62. The summed E-state index contributed by atoms with van der Waals surface area (Å²) in [6, 6.07) is 11.7. The smallest absolute Gasteiger partial charge is 0.261 e. The minimum absolute atomic E-state index is 0.0801. The lowest BCUT2D eigenvalue weighted by Crippen LogP contribution is -2.13. The zero-order valence-electron chi connectivity index (χ0n) is 11.4. The van der Waals surface area contributed by atoms with Gasteiger partial charge in [0.25, 0.3) is 10.0 Å². The van der Waals surface area contributed by atoms with Crippen LogP contribution < -0.4 is 10.0 Å². The van der Waals surface area contributed by atoms with Crippen molar-refractivity contribution >= 4 is 27.3 Å². The Morgan fingerprint density at radius 2 is 1.81 bits per heavy atom. The van der Waals surface area contributed by atoms with Crippen LogP contribution in [0.1, 0.15) is 11.1 Å². The lowest BCUT2D eigenvalue weighted by molar-refractivity contribution is -0.115. The highest BCUT2D eigenvalue weighted by molar-refractivity contribution is 7.92. The summed E-state index contributed by atoms with van der Waals surface area (Å²) in [6.45, 7) is 1.90. The topological polar surface area (TPSA) is 75.3 Å². The van der Waals surface area contributed by atoms with Gasteiger partial charge in [0.05, 0.1) is 17.0 Å². The lowest BCUT2D eigenvalue weighted by Gasteiger charge is -2.09. The monoisotopic (exact) mass is 302 g/mol. The van der Waals surface area contributed by atoms with Crippen LogP contribution in [0.25, 0.3) is 0 Å². The van der Waals surface area contributed by atoms with Crippen LogP contribution in [-0.2, 0) is 21.2 Å². The van der Waals surface area contributed by atoms with Crippen LogP contribution >= 0.6 is 0 Å². The van der Waals surface area contributed by atoms with Gasteiger partial charge in [0.15, 0.2) is 0 Å². The molecule has 2 aromatic rings. The van der Waals surface area contributed by atoms with Gasteiger partial charge in [0.2, 0.25) is 5.91 Å². The highest BCUT2D eigenvalue weighted by Crippen LogP contribution is 2.27. The van der Waals surface area contributed by atoms with E-state index in [1.807, 2.05) is 6.92 Å². The van der Waals surface area contributed by atoms with Crippen LogP contribution in [0.4, 0.5) is 11.4 Å². The molecule has 108 valence electrons. The predicted molar refractivity (Wildman–Crippen MR) is 80.8 cm³/mol. The zero-order chi connectivity index (χ0) is 15.0.